The molecule has 0 bridgehead atoms. The highest BCUT2D eigenvalue weighted by atomic mass is 35.5. The van der Waals surface area contributed by atoms with E-state index in [4.69, 9.17) is 11.6 Å². The second-order valence-electron chi connectivity index (χ2n) is 8.21. The van der Waals surface area contributed by atoms with Crippen LogP contribution in [0.3, 0.4) is 0 Å². The van der Waals surface area contributed by atoms with E-state index in [1.807, 2.05) is 36.4 Å². The molecule has 0 spiro atoms. The minimum absolute atomic E-state index is 0.688. The molecule has 1 aromatic heterocycles. The number of nitriles is 1. The summed E-state index contributed by atoms with van der Waals surface area (Å²) in [5, 5.41) is 20.2. The molecule has 4 aromatic rings. The van der Waals surface area contributed by atoms with Gasteiger partial charge >= 0.3 is 0 Å². The number of aryl methyl sites for hydroxylation is 1. The number of halogens is 1. The summed E-state index contributed by atoms with van der Waals surface area (Å²) in [5.41, 5.74) is 5.08. The van der Waals surface area contributed by atoms with Gasteiger partial charge in [-0.1, -0.05) is 97.7 Å². The second kappa shape index (κ2) is 11.9. The number of nitrogens with zero attached hydrogens (tertiary/aromatic N) is 4. The van der Waals surface area contributed by atoms with E-state index in [2.05, 4.69) is 64.2 Å². The van der Waals surface area contributed by atoms with Gasteiger partial charge in [-0.15, -0.1) is 10.2 Å². The van der Waals surface area contributed by atoms with Gasteiger partial charge in [0.2, 0.25) is 0 Å². The van der Waals surface area contributed by atoms with E-state index < -0.39 is 0 Å². The molecule has 0 N–H and O–H groups in total. The molecule has 0 aliphatic heterocycles. The summed E-state index contributed by atoms with van der Waals surface area (Å²) < 4.78 is 2.24. The highest BCUT2D eigenvalue weighted by molar-refractivity contribution is 7.98. The first-order valence-corrected chi connectivity index (χ1v) is 12.9. The van der Waals surface area contributed by atoms with Gasteiger partial charge in [0.15, 0.2) is 5.16 Å². The number of aromatic nitrogens is 3. The SMILES string of the molecule is CCCCCc1nnc(SCc2ccc(Cl)cc2)n1Cc1ccc(-c2ccccc2C#N)cc1. The van der Waals surface area contributed by atoms with Crippen molar-refractivity contribution < 1.29 is 0 Å². The molecule has 0 amide bonds. The smallest absolute Gasteiger partial charge is 0.191 e. The zero-order valence-electron chi connectivity index (χ0n) is 19.2. The van der Waals surface area contributed by atoms with Gasteiger partial charge in [-0.25, -0.2) is 0 Å². The third-order valence-electron chi connectivity index (χ3n) is 5.73. The molecule has 4 nitrogen and oxygen atoms in total. The zero-order valence-corrected chi connectivity index (χ0v) is 20.8. The standard InChI is InChI=1S/C28H27ClN4S/c1-2-3-4-9-27-31-32-28(34-20-22-12-16-25(29)17-13-22)33(27)19-21-10-14-23(15-11-21)26-8-6-5-7-24(26)18-30/h5-8,10-17H,2-4,9,19-20H2,1H3. The molecule has 0 radical (unpaired) electrons. The van der Waals surface area contributed by atoms with Crippen molar-refractivity contribution in [1.82, 2.24) is 14.8 Å². The summed E-state index contributed by atoms with van der Waals surface area (Å²) in [4.78, 5) is 0. The Balaban J connectivity index is 1.54. The maximum atomic E-state index is 9.43. The summed E-state index contributed by atoms with van der Waals surface area (Å²) in [6.07, 6.45) is 4.40. The molecule has 3 aromatic carbocycles. The van der Waals surface area contributed by atoms with Gasteiger partial charge in [-0.05, 0) is 46.9 Å². The van der Waals surface area contributed by atoms with Crippen molar-refractivity contribution >= 4 is 23.4 Å². The Morgan fingerprint density at radius 3 is 2.38 bits per heavy atom. The summed E-state index contributed by atoms with van der Waals surface area (Å²) in [5.74, 6) is 1.85. The Hall–Kier alpha value is -3.07. The van der Waals surface area contributed by atoms with Crippen molar-refractivity contribution in [2.75, 3.05) is 0 Å². The lowest BCUT2D eigenvalue weighted by Gasteiger charge is -2.12. The monoisotopic (exact) mass is 486 g/mol. The molecule has 0 atom stereocenters. The van der Waals surface area contributed by atoms with Gasteiger partial charge in [0.1, 0.15) is 5.82 Å². The van der Waals surface area contributed by atoms with Crippen LogP contribution in [0.4, 0.5) is 0 Å². The number of thioether (sulfide) groups is 1. The van der Waals surface area contributed by atoms with Crippen LogP contribution in [-0.4, -0.2) is 14.8 Å². The summed E-state index contributed by atoms with van der Waals surface area (Å²) in [7, 11) is 0. The quantitative estimate of drug-likeness (QED) is 0.171. The normalized spacial score (nSPS) is 10.9. The molecule has 0 saturated heterocycles. The summed E-state index contributed by atoms with van der Waals surface area (Å²) in [6, 6.07) is 26.4. The van der Waals surface area contributed by atoms with Crippen LogP contribution >= 0.6 is 23.4 Å². The van der Waals surface area contributed by atoms with Crippen molar-refractivity contribution in [2.24, 2.45) is 0 Å². The molecule has 0 saturated carbocycles. The number of benzene rings is 3. The minimum Gasteiger partial charge on any atom is -0.302 e. The van der Waals surface area contributed by atoms with Crippen LogP contribution in [0.2, 0.25) is 5.02 Å². The molecule has 34 heavy (non-hydrogen) atoms. The van der Waals surface area contributed by atoms with E-state index in [9.17, 15) is 5.26 Å². The van der Waals surface area contributed by atoms with Crippen LogP contribution in [0.5, 0.6) is 0 Å². The summed E-state index contributed by atoms with van der Waals surface area (Å²) >= 11 is 7.73. The van der Waals surface area contributed by atoms with Crippen molar-refractivity contribution in [3.8, 4) is 17.2 Å². The van der Waals surface area contributed by atoms with E-state index in [0.29, 0.717) is 5.56 Å². The number of hydrogen-bond acceptors (Lipinski definition) is 4. The van der Waals surface area contributed by atoms with Crippen LogP contribution < -0.4 is 0 Å². The van der Waals surface area contributed by atoms with Crippen molar-refractivity contribution in [3.05, 3.63) is 100 Å². The Morgan fingerprint density at radius 2 is 1.65 bits per heavy atom. The van der Waals surface area contributed by atoms with E-state index in [0.717, 1.165) is 52.3 Å². The van der Waals surface area contributed by atoms with Crippen LogP contribution in [0.25, 0.3) is 11.1 Å². The Kier molecular flexibility index (Phi) is 8.41. The van der Waals surface area contributed by atoms with Gasteiger partial charge < -0.3 is 4.57 Å². The number of unbranched alkanes of at least 4 members (excludes halogenated alkanes) is 2. The molecule has 0 unspecified atom stereocenters. The largest absolute Gasteiger partial charge is 0.302 e. The maximum Gasteiger partial charge on any atom is 0.191 e. The fourth-order valence-electron chi connectivity index (χ4n) is 3.84. The highest BCUT2D eigenvalue weighted by Gasteiger charge is 2.14. The molecule has 172 valence electrons. The molecule has 0 aliphatic carbocycles. The van der Waals surface area contributed by atoms with Crippen molar-refractivity contribution in [3.63, 3.8) is 0 Å². The van der Waals surface area contributed by atoms with E-state index in [-0.39, 0.29) is 0 Å². The minimum atomic E-state index is 0.688. The first-order valence-electron chi connectivity index (χ1n) is 11.6. The fraction of sp³-hybridized carbons (Fsp3) is 0.250. The predicted octanol–water partition coefficient (Wildman–Crippen LogP) is 7.54. The maximum absolute atomic E-state index is 9.43. The van der Waals surface area contributed by atoms with Crippen molar-refractivity contribution in [2.45, 2.75) is 50.1 Å². The van der Waals surface area contributed by atoms with Gasteiger partial charge in [0, 0.05) is 17.2 Å². The molecular formula is C28H27ClN4S. The first-order chi connectivity index (χ1) is 16.7. The van der Waals surface area contributed by atoms with Gasteiger partial charge in [-0.2, -0.15) is 5.26 Å². The lowest BCUT2D eigenvalue weighted by atomic mass is 9.99. The van der Waals surface area contributed by atoms with Crippen LogP contribution in [-0.2, 0) is 18.7 Å². The number of rotatable bonds is 10. The molecule has 0 aliphatic rings. The first kappa shape index (κ1) is 24.1. The fourth-order valence-corrected chi connectivity index (χ4v) is 4.87. The highest BCUT2D eigenvalue weighted by Crippen LogP contribution is 2.26. The number of hydrogen-bond donors (Lipinski definition) is 0. The molecule has 1 heterocycles. The van der Waals surface area contributed by atoms with Crippen molar-refractivity contribution in [1.29, 1.82) is 5.26 Å². The molecule has 6 heteroatoms. The lowest BCUT2D eigenvalue weighted by molar-refractivity contribution is 0.627. The third kappa shape index (κ3) is 6.08. The van der Waals surface area contributed by atoms with Gasteiger partial charge in [0.25, 0.3) is 0 Å². The molecule has 4 rings (SSSR count). The molecule has 0 fully saturated rings. The van der Waals surface area contributed by atoms with E-state index in [1.54, 1.807) is 11.8 Å². The molecular weight excluding hydrogens is 460 g/mol. The summed E-state index contributed by atoms with van der Waals surface area (Å²) in [6.45, 7) is 2.93. The topological polar surface area (TPSA) is 54.5 Å². The Labute approximate surface area is 210 Å². The van der Waals surface area contributed by atoms with Crippen LogP contribution in [0.1, 0.15) is 48.7 Å². The van der Waals surface area contributed by atoms with E-state index >= 15 is 0 Å². The second-order valence-corrected chi connectivity index (χ2v) is 9.59. The predicted molar refractivity (Wildman–Crippen MR) is 140 cm³/mol. The van der Waals surface area contributed by atoms with Gasteiger partial charge in [-0.3, -0.25) is 0 Å². The average molecular weight is 487 g/mol. The average Bonchev–Trinajstić information content (AvgIpc) is 3.25. The van der Waals surface area contributed by atoms with Crippen LogP contribution in [0, 0.1) is 11.3 Å². The lowest BCUT2D eigenvalue weighted by Crippen LogP contribution is -2.07. The zero-order chi connectivity index (χ0) is 23.8. The Morgan fingerprint density at radius 1 is 0.912 bits per heavy atom. The Bertz CT molecular complexity index is 1260. The van der Waals surface area contributed by atoms with Gasteiger partial charge in [0.05, 0.1) is 18.2 Å². The van der Waals surface area contributed by atoms with E-state index in [1.165, 1.54) is 24.0 Å². The third-order valence-corrected chi connectivity index (χ3v) is 7.02. The van der Waals surface area contributed by atoms with Crippen LogP contribution in [0.15, 0.2) is 78.0 Å².